The van der Waals surface area contributed by atoms with E-state index >= 15 is 0 Å². The second kappa shape index (κ2) is 7.47. The Balaban J connectivity index is 1.88. The Bertz CT molecular complexity index is 418. The summed E-state index contributed by atoms with van der Waals surface area (Å²) >= 11 is 0. The van der Waals surface area contributed by atoms with Gasteiger partial charge in [0, 0.05) is 12.1 Å². The Labute approximate surface area is 120 Å². The third-order valence-corrected chi connectivity index (χ3v) is 3.14. The lowest BCUT2D eigenvalue weighted by Crippen LogP contribution is -2.18. The first-order chi connectivity index (χ1) is 9.66. The summed E-state index contributed by atoms with van der Waals surface area (Å²) in [6, 6.07) is 5.71. The van der Waals surface area contributed by atoms with Gasteiger partial charge in [-0.3, -0.25) is 0 Å². The van der Waals surface area contributed by atoms with Gasteiger partial charge in [0.1, 0.15) is 5.75 Å². The average molecular weight is 280 g/mol. The van der Waals surface area contributed by atoms with Gasteiger partial charge in [-0.1, -0.05) is 6.07 Å². The Morgan fingerprint density at radius 2 is 2.05 bits per heavy atom. The molecule has 20 heavy (non-hydrogen) atoms. The van der Waals surface area contributed by atoms with Crippen molar-refractivity contribution >= 4 is 5.69 Å². The van der Waals surface area contributed by atoms with Gasteiger partial charge in [0.25, 0.3) is 0 Å². The van der Waals surface area contributed by atoms with E-state index in [1.54, 1.807) is 0 Å². The van der Waals surface area contributed by atoms with Crippen LogP contribution in [0, 0.1) is 0 Å². The predicted octanol–water partition coefficient (Wildman–Crippen LogP) is 2.03. The van der Waals surface area contributed by atoms with Crippen molar-refractivity contribution in [3.63, 3.8) is 0 Å². The highest BCUT2D eigenvalue weighted by molar-refractivity contribution is 5.54. The van der Waals surface area contributed by atoms with Gasteiger partial charge in [-0.25, -0.2) is 0 Å². The van der Waals surface area contributed by atoms with Crippen molar-refractivity contribution in [2.24, 2.45) is 0 Å². The van der Waals surface area contributed by atoms with Gasteiger partial charge < -0.3 is 24.8 Å². The Hall–Kier alpha value is -1.30. The molecule has 5 heteroatoms. The van der Waals surface area contributed by atoms with Crippen molar-refractivity contribution in [2.75, 3.05) is 46.2 Å². The largest absolute Gasteiger partial charge is 0.491 e. The van der Waals surface area contributed by atoms with E-state index in [1.807, 2.05) is 32.3 Å². The lowest BCUT2D eigenvalue weighted by Gasteiger charge is -2.24. The van der Waals surface area contributed by atoms with Gasteiger partial charge >= 0.3 is 0 Å². The zero-order chi connectivity index (χ0) is 14.4. The van der Waals surface area contributed by atoms with Crippen LogP contribution < -0.4 is 10.5 Å². The normalized spacial score (nSPS) is 16.6. The van der Waals surface area contributed by atoms with Crippen LogP contribution >= 0.6 is 0 Å². The molecule has 0 atom stereocenters. The Morgan fingerprint density at radius 1 is 1.30 bits per heavy atom. The number of benzene rings is 1. The van der Waals surface area contributed by atoms with Gasteiger partial charge in [-0.2, -0.15) is 0 Å². The SMILES string of the molecule is CN(C)CCCOc1ccc(C2OCCCO2)cc1N. The van der Waals surface area contributed by atoms with Crippen LogP contribution in [0.4, 0.5) is 5.69 Å². The van der Waals surface area contributed by atoms with Crippen LogP contribution in [0.5, 0.6) is 5.75 Å². The van der Waals surface area contributed by atoms with Gasteiger partial charge in [-0.15, -0.1) is 0 Å². The third-order valence-electron chi connectivity index (χ3n) is 3.14. The zero-order valence-electron chi connectivity index (χ0n) is 12.3. The molecule has 0 aromatic heterocycles. The summed E-state index contributed by atoms with van der Waals surface area (Å²) in [7, 11) is 4.10. The quantitative estimate of drug-likeness (QED) is 0.638. The first-order valence-corrected chi connectivity index (χ1v) is 7.07. The highest BCUT2D eigenvalue weighted by Gasteiger charge is 2.17. The summed E-state index contributed by atoms with van der Waals surface area (Å²) in [5, 5.41) is 0. The lowest BCUT2D eigenvalue weighted by atomic mass is 10.1. The number of ether oxygens (including phenoxy) is 3. The number of anilines is 1. The molecule has 0 saturated carbocycles. The van der Waals surface area contributed by atoms with Gasteiger partial charge in [0.2, 0.25) is 0 Å². The number of rotatable bonds is 6. The van der Waals surface area contributed by atoms with Crippen LogP contribution in [-0.4, -0.2) is 45.4 Å². The molecule has 2 N–H and O–H groups in total. The minimum Gasteiger partial charge on any atom is -0.491 e. The van der Waals surface area contributed by atoms with Crippen molar-refractivity contribution in [1.29, 1.82) is 0 Å². The van der Waals surface area contributed by atoms with E-state index in [4.69, 9.17) is 19.9 Å². The number of nitrogen functional groups attached to an aromatic ring is 1. The molecule has 5 nitrogen and oxygen atoms in total. The van der Waals surface area contributed by atoms with Crippen molar-refractivity contribution in [2.45, 2.75) is 19.1 Å². The van der Waals surface area contributed by atoms with E-state index in [-0.39, 0.29) is 6.29 Å². The fraction of sp³-hybridized carbons (Fsp3) is 0.600. The molecule has 1 aromatic rings. The molecule has 0 bridgehead atoms. The number of nitrogens with zero attached hydrogens (tertiary/aromatic N) is 1. The standard InChI is InChI=1S/C15H24N2O3/c1-17(2)7-3-8-18-14-6-5-12(11-13(14)16)15-19-9-4-10-20-15/h5-6,11,15H,3-4,7-10,16H2,1-2H3. The van der Waals surface area contributed by atoms with Crippen molar-refractivity contribution in [3.8, 4) is 5.75 Å². The smallest absolute Gasteiger partial charge is 0.183 e. The van der Waals surface area contributed by atoms with Crippen LogP contribution in [0.2, 0.25) is 0 Å². The molecule has 1 saturated heterocycles. The minimum absolute atomic E-state index is 0.297. The first-order valence-electron chi connectivity index (χ1n) is 7.07. The maximum atomic E-state index is 6.02. The van der Waals surface area contributed by atoms with E-state index in [1.165, 1.54) is 0 Å². The fourth-order valence-corrected chi connectivity index (χ4v) is 2.09. The first kappa shape index (κ1) is 15.1. The summed E-state index contributed by atoms with van der Waals surface area (Å²) < 4.78 is 16.8. The number of nitrogens with two attached hydrogens (primary N) is 1. The highest BCUT2D eigenvalue weighted by Crippen LogP contribution is 2.29. The Morgan fingerprint density at radius 3 is 2.70 bits per heavy atom. The maximum absolute atomic E-state index is 6.02. The van der Waals surface area contributed by atoms with Crippen molar-refractivity contribution in [1.82, 2.24) is 4.90 Å². The molecule has 0 radical (unpaired) electrons. The summed E-state index contributed by atoms with van der Waals surface area (Å²) in [6.45, 7) is 3.13. The second-order valence-corrected chi connectivity index (χ2v) is 5.23. The van der Waals surface area contributed by atoms with Gasteiger partial charge in [0.05, 0.1) is 25.5 Å². The summed E-state index contributed by atoms with van der Waals surface area (Å²) in [5.41, 5.74) is 7.60. The third kappa shape index (κ3) is 4.37. The molecular weight excluding hydrogens is 256 g/mol. The number of hydrogen-bond acceptors (Lipinski definition) is 5. The maximum Gasteiger partial charge on any atom is 0.183 e. The molecule has 112 valence electrons. The predicted molar refractivity (Wildman–Crippen MR) is 78.8 cm³/mol. The van der Waals surface area contributed by atoms with E-state index in [0.29, 0.717) is 12.3 Å². The van der Waals surface area contributed by atoms with Crippen molar-refractivity contribution in [3.05, 3.63) is 23.8 Å². The minimum atomic E-state index is -0.297. The van der Waals surface area contributed by atoms with Crippen molar-refractivity contribution < 1.29 is 14.2 Å². The Kier molecular flexibility index (Phi) is 5.64. The molecule has 1 fully saturated rings. The molecule has 1 aromatic carbocycles. The molecule has 2 rings (SSSR count). The van der Waals surface area contributed by atoms with Crippen LogP contribution in [-0.2, 0) is 9.47 Å². The van der Waals surface area contributed by atoms with Crippen LogP contribution in [0.25, 0.3) is 0 Å². The van der Waals surface area contributed by atoms with Gasteiger partial charge in [0.15, 0.2) is 6.29 Å². The average Bonchev–Trinajstić information content (AvgIpc) is 2.45. The summed E-state index contributed by atoms with van der Waals surface area (Å²) in [4.78, 5) is 2.13. The molecule has 0 spiro atoms. The summed E-state index contributed by atoms with van der Waals surface area (Å²) in [5.74, 6) is 0.725. The molecule has 0 amide bonds. The van der Waals surface area contributed by atoms with Crippen LogP contribution in [0.3, 0.4) is 0 Å². The number of hydrogen-bond donors (Lipinski definition) is 1. The van der Waals surface area contributed by atoms with E-state index in [0.717, 1.165) is 43.9 Å². The topological polar surface area (TPSA) is 57.0 Å². The molecule has 0 aliphatic carbocycles. The summed E-state index contributed by atoms with van der Waals surface area (Å²) in [6.07, 6.45) is 1.62. The van der Waals surface area contributed by atoms with E-state index < -0.39 is 0 Å². The van der Waals surface area contributed by atoms with E-state index in [2.05, 4.69) is 4.90 Å². The second-order valence-electron chi connectivity index (χ2n) is 5.23. The monoisotopic (exact) mass is 280 g/mol. The van der Waals surface area contributed by atoms with Crippen LogP contribution in [0.1, 0.15) is 24.7 Å². The zero-order valence-corrected chi connectivity index (χ0v) is 12.3. The molecule has 0 unspecified atom stereocenters. The fourth-order valence-electron chi connectivity index (χ4n) is 2.09. The van der Waals surface area contributed by atoms with Gasteiger partial charge in [-0.05, 0) is 39.1 Å². The molecule has 1 aliphatic heterocycles. The lowest BCUT2D eigenvalue weighted by molar-refractivity contribution is -0.183. The highest BCUT2D eigenvalue weighted by atomic mass is 16.7. The van der Waals surface area contributed by atoms with Crippen LogP contribution in [0.15, 0.2) is 18.2 Å². The molecule has 1 heterocycles. The molecular formula is C15H24N2O3. The molecule has 1 aliphatic rings. The van der Waals surface area contributed by atoms with E-state index in [9.17, 15) is 0 Å².